The van der Waals surface area contributed by atoms with Crippen molar-refractivity contribution in [2.45, 2.75) is 26.7 Å². The molecule has 0 unspecified atom stereocenters. The zero-order valence-electron chi connectivity index (χ0n) is 10.2. The number of amides is 1. The fourth-order valence-electron chi connectivity index (χ4n) is 1.90. The van der Waals surface area contributed by atoms with E-state index in [1.165, 1.54) is 0 Å². The van der Waals surface area contributed by atoms with Gasteiger partial charge in [0.2, 0.25) is 5.91 Å². The van der Waals surface area contributed by atoms with Crippen LogP contribution in [0.2, 0.25) is 0 Å². The number of carbonyl (C=O) groups excluding carboxylic acids is 1. The van der Waals surface area contributed by atoms with Gasteiger partial charge in [0.15, 0.2) is 0 Å². The molecule has 0 saturated heterocycles. The van der Waals surface area contributed by atoms with Gasteiger partial charge in [0, 0.05) is 24.5 Å². The number of anilines is 1. The number of fused-ring (bicyclic) bond motifs is 1. The van der Waals surface area contributed by atoms with E-state index < -0.39 is 0 Å². The van der Waals surface area contributed by atoms with Crippen molar-refractivity contribution >= 4 is 17.2 Å². The number of nitrogens with one attached hydrogen (secondary N) is 1. The number of aromatic nitrogens is 2. The van der Waals surface area contributed by atoms with Gasteiger partial charge in [-0.25, -0.2) is 4.98 Å². The predicted molar refractivity (Wildman–Crippen MR) is 67.9 cm³/mol. The van der Waals surface area contributed by atoms with Crippen LogP contribution in [-0.4, -0.2) is 15.3 Å². The van der Waals surface area contributed by atoms with E-state index in [0.29, 0.717) is 0 Å². The molecular formula is C13H17N3O. The van der Waals surface area contributed by atoms with Crippen LogP contribution in [0.15, 0.2) is 30.7 Å². The summed E-state index contributed by atoms with van der Waals surface area (Å²) < 4.78 is 1.89. The van der Waals surface area contributed by atoms with E-state index >= 15 is 0 Å². The van der Waals surface area contributed by atoms with Gasteiger partial charge in [-0.1, -0.05) is 13.8 Å². The van der Waals surface area contributed by atoms with E-state index in [-0.39, 0.29) is 11.8 Å². The molecule has 0 atom stereocenters. The summed E-state index contributed by atoms with van der Waals surface area (Å²) in [6.07, 6.45) is 7.22. The molecule has 1 N–H and O–H groups in total. The molecule has 2 heterocycles. The van der Waals surface area contributed by atoms with Crippen molar-refractivity contribution in [1.29, 1.82) is 0 Å². The number of carbonyl (C=O) groups is 1. The van der Waals surface area contributed by atoms with Crippen LogP contribution in [0.1, 0.15) is 26.7 Å². The zero-order chi connectivity index (χ0) is 12.3. The predicted octanol–water partition coefficient (Wildman–Crippen LogP) is 2.71. The Balaban J connectivity index is 2.14. The van der Waals surface area contributed by atoms with Crippen molar-refractivity contribution in [2.24, 2.45) is 5.92 Å². The van der Waals surface area contributed by atoms with Crippen molar-refractivity contribution in [3.8, 4) is 0 Å². The standard InChI is InChI=1S/C13H17N3O/c1-3-10(4-2)13(17)15-11-5-6-12-14-7-8-16(12)9-11/h5-10H,3-4H2,1-2H3,(H,15,17). The second-order valence-electron chi connectivity index (χ2n) is 4.11. The Hall–Kier alpha value is -1.84. The van der Waals surface area contributed by atoms with Gasteiger partial charge in [-0.3, -0.25) is 4.79 Å². The molecule has 0 fully saturated rings. The Kier molecular flexibility index (Phi) is 3.42. The fraction of sp³-hybridized carbons (Fsp3) is 0.385. The molecule has 2 rings (SSSR count). The SMILES string of the molecule is CCC(CC)C(=O)Nc1ccc2nccn2c1. The lowest BCUT2D eigenvalue weighted by Crippen LogP contribution is -2.21. The highest BCUT2D eigenvalue weighted by atomic mass is 16.1. The van der Waals surface area contributed by atoms with Crippen LogP contribution in [0.3, 0.4) is 0 Å². The minimum Gasteiger partial charge on any atom is -0.325 e. The highest BCUT2D eigenvalue weighted by Crippen LogP contribution is 2.14. The average Bonchev–Trinajstić information content (AvgIpc) is 2.77. The van der Waals surface area contributed by atoms with Crippen molar-refractivity contribution in [1.82, 2.24) is 9.38 Å². The summed E-state index contributed by atoms with van der Waals surface area (Å²) in [5.74, 6) is 0.183. The van der Waals surface area contributed by atoms with Gasteiger partial charge in [0.25, 0.3) is 0 Å². The van der Waals surface area contributed by atoms with Crippen LogP contribution in [-0.2, 0) is 4.79 Å². The molecule has 0 aliphatic rings. The highest BCUT2D eigenvalue weighted by Gasteiger charge is 2.14. The number of pyridine rings is 1. The molecule has 4 heteroatoms. The molecule has 0 radical (unpaired) electrons. The number of rotatable bonds is 4. The molecule has 2 aromatic rings. The summed E-state index contributed by atoms with van der Waals surface area (Å²) in [6, 6.07) is 3.77. The Morgan fingerprint density at radius 2 is 2.18 bits per heavy atom. The molecule has 17 heavy (non-hydrogen) atoms. The van der Waals surface area contributed by atoms with E-state index in [2.05, 4.69) is 10.3 Å². The number of hydrogen-bond acceptors (Lipinski definition) is 2. The van der Waals surface area contributed by atoms with Crippen molar-refractivity contribution in [3.63, 3.8) is 0 Å². The molecule has 2 aromatic heterocycles. The van der Waals surface area contributed by atoms with Crippen LogP contribution < -0.4 is 5.32 Å². The largest absolute Gasteiger partial charge is 0.325 e. The first-order chi connectivity index (χ1) is 8.24. The molecule has 0 saturated carbocycles. The lowest BCUT2D eigenvalue weighted by molar-refractivity contribution is -0.120. The quantitative estimate of drug-likeness (QED) is 0.879. The van der Waals surface area contributed by atoms with E-state index in [1.54, 1.807) is 6.20 Å². The van der Waals surface area contributed by atoms with Crippen LogP contribution in [0.4, 0.5) is 5.69 Å². The maximum atomic E-state index is 11.9. The molecule has 1 amide bonds. The van der Waals surface area contributed by atoms with E-state index in [4.69, 9.17) is 0 Å². The Labute approximate surface area is 101 Å². The van der Waals surface area contributed by atoms with Gasteiger partial charge in [-0.15, -0.1) is 0 Å². The van der Waals surface area contributed by atoms with Crippen LogP contribution in [0, 0.1) is 5.92 Å². The Bertz CT molecular complexity index is 514. The molecule has 0 aromatic carbocycles. The monoisotopic (exact) mass is 231 g/mol. The first-order valence-electron chi connectivity index (χ1n) is 5.98. The average molecular weight is 231 g/mol. The van der Waals surface area contributed by atoms with Crippen LogP contribution in [0.5, 0.6) is 0 Å². The van der Waals surface area contributed by atoms with Gasteiger partial charge in [-0.2, -0.15) is 0 Å². The molecule has 0 aliphatic heterocycles. The molecule has 0 spiro atoms. The minimum absolute atomic E-state index is 0.0912. The lowest BCUT2D eigenvalue weighted by atomic mass is 10.0. The summed E-state index contributed by atoms with van der Waals surface area (Å²) in [5, 5.41) is 2.94. The van der Waals surface area contributed by atoms with E-state index in [1.807, 2.05) is 42.8 Å². The second-order valence-corrected chi connectivity index (χ2v) is 4.11. The summed E-state index contributed by atoms with van der Waals surface area (Å²) in [4.78, 5) is 16.1. The summed E-state index contributed by atoms with van der Waals surface area (Å²) >= 11 is 0. The summed E-state index contributed by atoms with van der Waals surface area (Å²) in [6.45, 7) is 4.07. The third-order valence-corrected chi connectivity index (χ3v) is 3.01. The molecule has 90 valence electrons. The van der Waals surface area contributed by atoms with Crippen molar-refractivity contribution in [2.75, 3.05) is 5.32 Å². The third-order valence-electron chi connectivity index (χ3n) is 3.01. The Morgan fingerprint density at radius 1 is 1.41 bits per heavy atom. The topological polar surface area (TPSA) is 46.4 Å². The van der Waals surface area contributed by atoms with Gasteiger partial charge in [0.05, 0.1) is 5.69 Å². The highest BCUT2D eigenvalue weighted by molar-refractivity contribution is 5.92. The number of nitrogens with zero attached hydrogens (tertiary/aromatic N) is 2. The normalized spacial score (nSPS) is 11.0. The fourth-order valence-corrected chi connectivity index (χ4v) is 1.90. The second kappa shape index (κ2) is 4.99. The molecular weight excluding hydrogens is 214 g/mol. The number of hydrogen-bond donors (Lipinski definition) is 1. The lowest BCUT2D eigenvalue weighted by Gasteiger charge is -2.12. The minimum atomic E-state index is 0.0912. The maximum absolute atomic E-state index is 11.9. The smallest absolute Gasteiger partial charge is 0.227 e. The first kappa shape index (κ1) is 11.6. The first-order valence-corrected chi connectivity index (χ1v) is 5.98. The molecule has 0 aliphatic carbocycles. The Morgan fingerprint density at radius 3 is 2.88 bits per heavy atom. The van der Waals surface area contributed by atoms with Gasteiger partial charge >= 0.3 is 0 Å². The van der Waals surface area contributed by atoms with Crippen LogP contribution in [0.25, 0.3) is 5.65 Å². The van der Waals surface area contributed by atoms with Gasteiger partial charge < -0.3 is 9.72 Å². The zero-order valence-corrected chi connectivity index (χ0v) is 10.2. The van der Waals surface area contributed by atoms with E-state index in [0.717, 1.165) is 24.2 Å². The van der Waals surface area contributed by atoms with Crippen molar-refractivity contribution in [3.05, 3.63) is 30.7 Å². The van der Waals surface area contributed by atoms with Crippen molar-refractivity contribution < 1.29 is 4.79 Å². The number of imidazole rings is 1. The summed E-state index contributed by atoms with van der Waals surface area (Å²) in [7, 11) is 0. The third kappa shape index (κ3) is 2.46. The van der Waals surface area contributed by atoms with Crippen LogP contribution >= 0.6 is 0 Å². The van der Waals surface area contributed by atoms with Gasteiger partial charge in [-0.05, 0) is 25.0 Å². The maximum Gasteiger partial charge on any atom is 0.227 e. The summed E-state index contributed by atoms with van der Waals surface area (Å²) in [5.41, 5.74) is 1.69. The van der Waals surface area contributed by atoms with Gasteiger partial charge in [0.1, 0.15) is 5.65 Å². The van der Waals surface area contributed by atoms with E-state index in [9.17, 15) is 4.79 Å². The molecule has 0 bridgehead atoms. The molecule has 4 nitrogen and oxygen atoms in total.